The smallest absolute Gasteiger partial charge is 0.239 e. The topological polar surface area (TPSA) is 50.4 Å². The molecular formula is C10H22N2O2. The average Bonchev–Trinajstić information content (AvgIpc) is 2.20. The molecule has 0 aromatic heterocycles. The van der Waals surface area contributed by atoms with Crippen LogP contribution >= 0.6 is 0 Å². The molecule has 0 bridgehead atoms. The second-order valence-corrected chi connectivity index (χ2v) is 3.27. The highest BCUT2D eigenvalue weighted by Gasteiger charge is 2.10. The fraction of sp³-hybridized carbons (Fsp3) is 0.900. The van der Waals surface area contributed by atoms with Crippen molar-refractivity contribution in [2.24, 2.45) is 0 Å². The summed E-state index contributed by atoms with van der Waals surface area (Å²) in [5.74, 6) is -0.00504. The van der Waals surface area contributed by atoms with Gasteiger partial charge in [-0.2, -0.15) is 5.48 Å². The first-order valence-corrected chi connectivity index (χ1v) is 5.37. The van der Waals surface area contributed by atoms with Gasteiger partial charge in [0.05, 0.1) is 6.61 Å². The Labute approximate surface area is 86.4 Å². The van der Waals surface area contributed by atoms with Crippen LogP contribution in [0.5, 0.6) is 0 Å². The van der Waals surface area contributed by atoms with Gasteiger partial charge in [-0.3, -0.25) is 4.79 Å². The van der Waals surface area contributed by atoms with Gasteiger partial charge in [0.15, 0.2) is 0 Å². The van der Waals surface area contributed by atoms with Crippen LogP contribution in [0.4, 0.5) is 0 Å². The number of carbonyl (C=O) groups excluding carboxylic acids is 1. The molecule has 0 radical (unpaired) electrons. The Hall–Kier alpha value is -0.610. The fourth-order valence-electron chi connectivity index (χ4n) is 1.00. The zero-order chi connectivity index (χ0) is 10.8. The first kappa shape index (κ1) is 13.4. The van der Waals surface area contributed by atoms with Crippen LogP contribution in [0.2, 0.25) is 0 Å². The van der Waals surface area contributed by atoms with Crippen LogP contribution in [-0.2, 0) is 9.63 Å². The first-order chi connectivity index (χ1) is 6.72. The van der Waals surface area contributed by atoms with Gasteiger partial charge < -0.3 is 10.2 Å². The van der Waals surface area contributed by atoms with Gasteiger partial charge in [-0.15, -0.1) is 0 Å². The van der Waals surface area contributed by atoms with Gasteiger partial charge in [-0.05, 0) is 20.3 Å². The fourth-order valence-corrected chi connectivity index (χ4v) is 1.00. The van der Waals surface area contributed by atoms with Gasteiger partial charge in [0.25, 0.3) is 0 Å². The maximum atomic E-state index is 11.4. The van der Waals surface area contributed by atoms with Crippen molar-refractivity contribution in [2.75, 3.05) is 13.2 Å². The molecule has 0 aliphatic carbocycles. The third-order valence-electron chi connectivity index (χ3n) is 1.88. The van der Waals surface area contributed by atoms with E-state index in [2.05, 4.69) is 17.7 Å². The lowest BCUT2D eigenvalue weighted by Crippen LogP contribution is -2.42. The van der Waals surface area contributed by atoms with Crippen molar-refractivity contribution in [3.8, 4) is 0 Å². The average molecular weight is 202 g/mol. The Morgan fingerprint density at radius 2 is 2.07 bits per heavy atom. The van der Waals surface area contributed by atoms with Gasteiger partial charge >= 0.3 is 0 Å². The van der Waals surface area contributed by atoms with E-state index in [-0.39, 0.29) is 11.9 Å². The summed E-state index contributed by atoms with van der Waals surface area (Å²) in [6, 6.07) is -0.281. The van der Waals surface area contributed by atoms with Gasteiger partial charge in [-0.1, -0.05) is 19.8 Å². The maximum Gasteiger partial charge on any atom is 0.239 e. The van der Waals surface area contributed by atoms with E-state index in [4.69, 9.17) is 4.84 Å². The molecule has 2 N–H and O–H groups in total. The lowest BCUT2D eigenvalue weighted by atomic mass is 10.2. The molecule has 0 aliphatic rings. The summed E-state index contributed by atoms with van der Waals surface area (Å²) in [4.78, 5) is 16.3. The van der Waals surface area contributed by atoms with Crippen LogP contribution in [0.25, 0.3) is 0 Å². The number of hydrogen-bond acceptors (Lipinski definition) is 3. The van der Waals surface area contributed by atoms with E-state index >= 15 is 0 Å². The lowest BCUT2D eigenvalue weighted by molar-refractivity contribution is -0.126. The minimum absolute atomic E-state index is 0.00504. The van der Waals surface area contributed by atoms with Gasteiger partial charge in [0, 0.05) is 6.54 Å². The third kappa shape index (κ3) is 6.86. The van der Waals surface area contributed by atoms with Crippen molar-refractivity contribution < 1.29 is 9.63 Å². The molecule has 0 heterocycles. The molecule has 0 fully saturated rings. The lowest BCUT2D eigenvalue weighted by Gasteiger charge is -2.12. The normalized spacial score (nSPS) is 12.5. The van der Waals surface area contributed by atoms with Gasteiger partial charge in [0.1, 0.15) is 6.04 Å². The minimum atomic E-state index is -0.281. The van der Waals surface area contributed by atoms with E-state index in [1.54, 1.807) is 6.92 Å². The molecule has 4 heteroatoms. The van der Waals surface area contributed by atoms with Crippen molar-refractivity contribution in [3.05, 3.63) is 0 Å². The molecule has 0 rings (SSSR count). The standard InChI is InChI=1S/C10H22N2O2/c1-4-6-7-8-11-10(13)9(3)12-14-5-2/h9,12H,4-8H2,1-3H3,(H,11,13). The SMILES string of the molecule is CCCCCNC(=O)C(C)NOCC. The first-order valence-electron chi connectivity index (χ1n) is 5.37. The van der Waals surface area contributed by atoms with Crippen LogP contribution in [0.3, 0.4) is 0 Å². The Kier molecular flexibility index (Phi) is 8.57. The summed E-state index contributed by atoms with van der Waals surface area (Å²) in [5.41, 5.74) is 2.66. The van der Waals surface area contributed by atoms with E-state index in [0.29, 0.717) is 6.61 Å². The number of rotatable bonds is 8. The predicted molar refractivity (Wildman–Crippen MR) is 56.8 cm³/mol. The van der Waals surface area contributed by atoms with Crippen molar-refractivity contribution in [1.29, 1.82) is 0 Å². The summed E-state index contributed by atoms with van der Waals surface area (Å²) in [6.07, 6.45) is 3.37. The summed E-state index contributed by atoms with van der Waals surface area (Å²) >= 11 is 0. The molecule has 1 atom stereocenters. The van der Waals surface area contributed by atoms with Gasteiger partial charge in [0.2, 0.25) is 5.91 Å². The molecule has 84 valence electrons. The number of nitrogens with one attached hydrogen (secondary N) is 2. The zero-order valence-electron chi connectivity index (χ0n) is 9.43. The highest BCUT2D eigenvalue weighted by atomic mass is 16.6. The Morgan fingerprint density at radius 1 is 1.36 bits per heavy atom. The van der Waals surface area contributed by atoms with E-state index in [1.165, 1.54) is 6.42 Å². The van der Waals surface area contributed by atoms with Crippen LogP contribution in [0.15, 0.2) is 0 Å². The highest BCUT2D eigenvalue weighted by Crippen LogP contribution is 1.91. The zero-order valence-corrected chi connectivity index (χ0v) is 9.43. The number of carbonyl (C=O) groups is 1. The van der Waals surface area contributed by atoms with Crippen molar-refractivity contribution in [3.63, 3.8) is 0 Å². The molecule has 14 heavy (non-hydrogen) atoms. The van der Waals surface area contributed by atoms with Crippen molar-refractivity contribution >= 4 is 5.91 Å². The minimum Gasteiger partial charge on any atom is -0.355 e. The second kappa shape index (κ2) is 8.97. The monoisotopic (exact) mass is 202 g/mol. The molecule has 0 aliphatic heterocycles. The van der Waals surface area contributed by atoms with Crippen molar-refractivity contribution in [2.45, 2.75) is 46.1 Å². The molecular weight excluding hydrogens is 180 g/mol. The maximum absolute atomic E-state index is 11.4. The summed E-state index contributed by atoms with van der Waals surface area (Å²) in [6.45, 7) is 7.11. The molecule has 0 aromatic carbocycles. The highest BCUT2D eigenvalue weighted by molar-refractivity contribution is 5.81. The molecule has 4 nitrogen and oxygen atoms in total. The largest absolute Gasteiger partial charge is 0.355 e. The summed E-state index contributed by atoms with van der Waals surface area (Å²) in [5, 5.41) is 2.84. The van der Waals surface area contributed by atoms with E-state index < -0.39 is 0 Å². The number of amides is 1. The Bertz CT molecular complexity index is 151. The van der Waals surface area contributed by atoms with Gasteiger partial charge in [-0.25, -0.2) is 0 Å². The van der Waals surface area contributed by atoms with E-state index in [0.717, 1.165) is 19.4 Å². The number of hydrogen-bond donors (Lipinski definition) is 2. The van der Waals surface area contributed by atoms with Crippen LogP contribution in [0, 0.1) is 0 Å². The molecule has 0 saturated carbocycles. The summed E-state index contributed by atoms with van der Waals surface area (Å²) < 4.78 is 0. The Balaban J connectivity index is 3.42. The second-order valence-electron chi connectivity index (χ2n) is 3.27. The van der Waals surface area contributed by atoms with Crippen molar-refractivity contribution in [1.82, 2.24) is 10.8 Å². The molecule has 1 unspecified atom stereocenters. The van der Waals surface area contributed by atoms with E-state index in [9.17, 15) is 4.79 Å². The number of hydroxylamine groups is 1. The van der Waals surface area contributed by atoms with E-state index in [1.807, 2.05) is 6.92 Å². The molecule has 0 spiro atoms. The third-order valence-corrected chi connectivity index (χ3v) is 1.88. The molecule has 0 saturated heterocycles. The predicted octanol–water partition coefficient (Wildman–Crippen LogP) is 1.22. The molecule has 1 amide bonds. The molecule has 0 aromatic rings. The van der Waals surface area contributed by atoms with Crippen LogP contribution in [-0.4, -0.2) is 25.1 Å². The quantitative estimate of drug-likeness (QED) is 0.459. The summed E-state index contributed by atoms with van der Waals surface area (Å²) in [7, 11) is 0. The number of unbranched alkanes of at least 4 members (excludes halogenated alkanes) is 2. The van der Waals surface area contributed by atoms with Crippen LogP contribution < -0.4 is 10.8 Å². The Morgan fingerprint density at radius 3 is 2.64 bits per heavy atom. The van der Waals surface area contributed by atoms with Crippen LogP contribution in [0.1, 0.15) is 40.0 Å².